The molecule has 1 fully saturated rings. The second-order valence-electron chi connectivity index (χ2n) is 4.82. The first-order valence-electron chi connectivity index (χ1n) is 5.18. The van der Waals surface area contributed by atoms with Gasteiger partial charge in [-0.1, -0.05) is 20.8 Å². The normalized spacial score (nSPS) is 34.5. The second-order valence-corrected chi connectivity index (χ2v) is 4.82. The van der Waals surface area contributed by atoms with Crippen molar-refractivity contribution < 1.29 is 13.9 Å². The van der Waals surface area contributed by atoms with Crippen LogP contribution in [0.5, 0.6) is 0 Å². The summed E-state index contributed by atoms with van der Waals surface area (Å²) in [6, 6.07) is 0. The Balaban J connectivity index is 2.53. The Kier molecular flexibility index (Phi) is 3.90. The maximum Gasteiger partial charge on any atom is 0.189 e. The molecule has 3 heteroatoms. The minimum atomic E-state index is -0.996. The molecule has 1 aliphatic heterocycles. The van der Waals surface area contributed by atoms with Crippen LogP contribution >= 0.6 is 0 Å². The summed E-state index contributed by atoms with van der Waals surface area (Å²) in [5.41, 5.74) is 0.0511. The van der Waals surface area contributed by atoms with E-state index in [-0.39, 0.29) is 11.5 Å². The fraction of sp³-hybridized carbons (Fsp3) is 0.909. The van der Waals surface area contributed by atoms with E-state index >= 15 is 0 Å². The third-order valence-electron chi connectivity index (χ3n) is 2.53. The minimum Gasteiger partial charge on any atom is -0.346 e. The van der Waals surface area contributed by atoms with Crippen LogP contribution in [0.2, 0.25) is 0 Å². The average Bonchev–Trinajstić information content (AvgIpc) is 2.07. The van der Waals surface area contributed by atoms with Gasteiger partial charge in [0.1, 0.15) is 0 Å². The third-order valence-corrected chi connectivity index (χ3v) is 2.53. The molecule has 0 aromatic carbocycles. The van der Waals surface area contributed by atoms with Crippen molar-refractivity contribution >= 4 is 0 Å². The molecule has 0 N–H and O–H groups in total. The Morgan fingerprint density at radius 2 is 2.00 bits per heavy atom. The standard InChI is InChI=1S/C11H20FO2/c1-5-13-10-8(12)6-7-9(14-10)11(2,3)4/h5,8-10H,6-7H2,1-4H3/t8-,9+,10+/m1/s1. The zero-order valence-corrected chi connectivity index (χ0v) is 9.42. The smallest absolute Gasteiger partial charge is 0.189 e. The highest BCUT2D eigenvalue weighted by molar-refractivity contribution is 4.82. The van der Waals surface area contributed by atoms with E-state index in [0.717, 1.165) is 6.42 Å². The molecule has 0 unspecified atom stereocenters. The molecule has 0 amide bonds. The van der Waals surface area contributed by atoms with Crippen LogP contribution in [0.15, 0.2) is 0 Å². The van der Waals surface area contributed by atoms with Crippen molar-refractivity contribution in [2.24, 2.45) is 5.41 Å². The Labute approximate surface area is 85.8 Å². The number of hydrogen-bond acceptors (Lipinski definition) is 2. The number of halogens is 1. The van der Waals surface area contributed by atoms with Crippen LogP contribution in [0.25, 0.3) is 0 Å². The number of hydrogen-bond donors (Lipinski definition) is 0. The van der Waals surface area contributed by atoms with Gasteiger partial charge < -0.3 is 9.47 Å². The summed E-state index contributed by atoms with van der Waals surface area (Å²) in [6.07, 6.45) is -0.323. The molecule has 3 atom stereocenters. The fourth-order valence-electron chi connectivity index (χ4n) is 1.65. The summed E-state index contributed by atoms with van der Waals surface area (Å²) in [5.74, 6) is 0. The zero-order valence-electron chi connectivity index (χ0n) is 9.42. The zero-order chi connectivity index (χ0) is 10.8. The number of rotatable bonds is 2. The van der Waals surface area contributed by atoms with E-state index in [9.17, 15) is 4.39 Å². The molecule has 0 aromatic heterocycles. The van der Waals surface area contributed by atoms with Gasteiger partial charge in [-0.2, -0.15) is 0 Å². The predicted molar refractivity (Wildman–Crippen MR) is 53.3 cm³/mol. The summed E-state index contributed by atoms with van der Waals surface area (Å²) in [5, 5.41) is 0. The van der Waals surface area contributed by atoms with Crippen molar-refractivity contribution in [2.45, 2.75) is 59.1 Å². The third kappa shape index (κ3) is 2.92. The largest absolute Gasteiger partial charge is 0.346 e. The van der Waals surface area contributed by atoms with Gasteiger partial charge in [0, 0.05) is 0 Å². The first-order valence-corrected chi connectivity index (χ1v) is 5.18. The molecule has 1 heterocycles. The van der Waals surface area contributed by atoms with Gasteiger partial charge in [0.15, 0.2) is 12.5 Å². The summed E-state index contributed by atoms with van der Waals surface area (Å²) in [6.45, 7) is 9.52. The van der Waals surface area contributed by atoms with E-state index in [4.69, 9.17) is 9.47 Å². The quantitative estimate of drug-likeness (QED) is 0.686. The van der Waals surface area contributed by atoms with Gasteiger partial charge in [-0.3, -0.25) is 0 Å². The van der Waals surface area contributed by atoms with Crippen LogP contribution in [-0.2, 0) is 9.47 Å². The van der Waals surface area contributed by atoms with Crippen LogP contribution in [0.4, 0.5) is 4.39 Å². The molecule has 0 aliphatic carbocycles. The van der Waals surface area contributed by atoms with E-state index in [0.29, 0.717) is 6.42 Å². The molecule has 1 aliphatic rings. The van der Waals surface area contributed by atoms with Crippen molar-refractivity contribution in [1.29, 1.82) is 0 Å². The highest BCUT2D eigenvalue weighted by atomic mass is 19.1. The lowest BCUT2D eigenvalue weighted by atomic mass is 9.84. The molecule has 1 saturated heterocycles. The van der Waals surface area contributed by atoms with Crippen molar-refractivity contribution in [1.82, 2.24) is 0 Å². The van der Waals surface area contributed by atoms with Gasteiger partial charge in [0.2, 0.25) is 0 Å². The summed E-state index contributed by atoms with van der Waals surface area (Å²) in [4.78, 5) is 0. The van der Waals surface area contributed by atoms with Gasteiger partial charge in [-0.25, -0.2) is 4.39 Å². The van der Waals surface area contributed by atoms with Gasteiger partial charge in [-0.15, -0.1) is 0 Å². The van der Waals surface area contributed by atoms with Crippen LogP contribution < -0.4 is 0 Å². The predicted octanol–water partition coefficient (Wildman–Crippen LogP) is 3.07. The molecule has 83 valence electrons. The van der Waals surface area contributed by atoms with Crippen molar-refractivity contribution in [3.8, 4) is 0 Å². The molecule has 0 saturated carbocycles. The molecule has 0 aromatic rings. The summed E-state index contributed by atoms with van der Waals surface area (Å²) in [7, 11) is 0. The molecule has 14 heavy (non-hydrogen) atoms. The first kappa shape index (κ1) is 11.9. The topological polar surface area (TPSA) is 18.5 Å². The lowest BCUT2D eigenvalue weighted by Crippen LogP contribution is -2.43. The van der Waals surface area contributed by atoms with E-state index in [1.807, 2.05) is 0 Å². The van der Waals surface area contributed by atoms with Gasteiger partial charge in [0.05, 0.1) is 12.7 Å². The molecule has 2 nitrogen and oxygen atoms in total. The molecule has 0 spiro atoms. The lowest BCUT2D eigenvalue weighted by Gasteiger charge is -2.38. The van der Waals surface area contributed by atoms with E-state index in [1.165, 1.54) is 6.61 Å². The fourth-order valence-corrected chi connectivity index (χ4v) is 1.65. The van der Waals surface area contributed by atoms with Crippen LogP contribution in [-0.4, -0.2) is 18.6 Å². The van der Waals surface area contributed by atoms with Crippen LogP contribution in [0, 0.1) is 12.0 Å². The van der Waals surface area contributed by atoms with Gasteiger partial charge in [-0.05, 0) is 25.2 Å². The molecule has 1 radical (unpaired) electrons. The van der Waals surface area contributed by atoms with Gasteiger partial charge in [0.25, 0.3) is 0 Å². The van der Waals surface area contributed by atoms with E-state index in [1.54, 1.807) is 6.92 Å². The maximum atomic E-state index is 13.3. The summed E-state index contributed by atoms with van der Waals surface area (Å²) < 4.78 is 24.0. The SMILES string of the molecule is C[CH]O[C@H]1O[C@H](C(C)(C)C)CC[C@H]1F. The van der Waals surface area contributed by atoms with E-state index in [2.05, 4.69) is 20.8 Å². The Morgan fingerprint density at radius 1 is 1.36 bits per heavy atom. The maximum absolute atomic E-state index is 13.3. The Hall–Kier alpha value is -0.150. The summed E-state index contributed by atoms with van der Waals surface area (Å²) >= 11 is 0. The molecular formula is C11H20FO2. The van der Waals surface area contributed by atoms with Crippen LogP contribution in [0.3, 0.4) is 0 Å². The van der Waals surface area contributed by atoms with Crippen molar-refractivity contribution in [3.63, 3.8) is 0 Å². The number of alkyl halides is 1. The number of ether oxygens (including phenoxy) is 2. The van der Waals surface area contributed by atoms with E-state index < -0.39 is 12.5 Å². The molecule has 0 bridgehead atoms. The van der Waals surface area contributed by atoms with Crippen molar-refractivity contribution in [3.05, 3.63) is 6.61 Å². The van der Waals surface area contributed by atoms with Crippen LogP contribution in [0.1, 0.15) is 40.5 Å². The van der Waals surface area contributed by atoms with Crippen molar-refractivity contribution in [2.75, 3.05) is 0 Å². The lowest BCUT2D eigenvalue weighted by molar-refractivity contribution is -0.229. The Morgan fingerprint density at radius 3 is 2.50 bits per heavy atom. The monoisotopic (exact) mass is 203 g/mol. The first-order chi connectivity index (χ1) is 6.45. The highest BCUT2D eigenvalue weighted by Gasteiger charge is 2.37. The minimum absolute atomic E-state index is 0.0511. The second kappa shape index (κ2) is 4.58. The molecular weight excluding hydrogens is 183 g/mol. The Bertz CT molecular complexity index is 177. The average molecular weight is 203 g/mol. The van der Waals surface area contributed by atoms with Gasteiger partial charge >= 0.3 is 0 Å². The molecule has 1 rings (SSSR count). The highest BCUT2D eigenvalue weighted by Crippen LogP contribution is 2.33.